The Morgan fingerprint density at radius 2 is 2.24 bits per heavy atom. The maximum Gasteiger partial charge on any atom is 0.180 e. The van der Waals surface area contributed by atoms with Gasteiger partial charge in [-0.25, -0.2) is 4.98 Å². The van der Waals surface area contributed by atoms with Crippen LogP contribution in [0.2, 0.25) is 0 Å². The van der Waals surface area contributed by atoms with Crippen molar-refractivity contribution < 1.29 is 0 Å². The first-order chi connectivity index (χ1) is 8.17. The summed E-state index contributed by atoms with van der Waals surface area (Å²) in [6.45, 7) is 8.30. The highest BCUT2D eigenvalue weighted by atomic mass is 32.1. The smallest absolute Gasteiger partial charge is 0.180 e. The second-order valence-electron chi connectivity index (χ2n) is 5.16. The van der Waals surface area contributed by atoms with Gasteiger partial charge in [-0.2, -0.15) is 0 Å². The number of nitrogen functional groups attached to an aromatic ring is 1. The van der Waals surface area contributed by atoms with Crippen LogP contribution in [-0.4, -0.2) is 29.5 Å². The number of hydrogen-bond acceptors (Lipinski definition) is 4. The van der Waals surface area contributed by atoms with Crippen molar-refractivity contribution in [3.05, 3.63) is 11.1 Å². The normalized spacial score (nSPS) is 19.9. The highest BCUT2D eigenvalue weighted by Gasteiger charge is 2.34. The molecule has 0 atom stereocenters. The number of nitrogens with zero attached hydrogens (tertiary/aromatic N) is 2. The lowest BCUT2D eigenvalue weighted by Crippen LogP contribution is -2.28. The van der Waals surface area contributed by atoms with Crippen molar-refractivity contribution in [2.45, 2.75) is 39.5 Å². The molecule has 4 heteroatoms. The number of nitrogens with two attached hydrogens (primary N) is 1. The molecular formula is C13H23N3S. The number of thiazole rings is 1. The molecule has 1 aliphatic rings. The molecule has 0 radical (unpaired) electrons. The Hall–Kier alpha value is -0.610. The van der Waals surface area contributed by atoms with Crippen molar-refractivity contribution in [1.29, 1.82) is 0 Å². The topological polar surface area (TPSA) is 42.1 Å². The fraction of sp³-hybridized carbons (Fsp3) is 0.769. The molecule has 1 aliphatic heterocycles. The predicted molar refractivity (Wildman–Crippen MR) is 74.3 cm³/mol. The highest BCUT2D eigenvalue weighted by Crippen LogP contribution is 2.36. The molecule has 2 rings (SSSR count). The average molecular weight is 253 g/mol. The minimum Gasteiger partial charge on any atom is -0.375 e. The maximum atomic E-state index is 5.64. The summed E-state index contributed by atoms with van der Waals surface area (Å²) < 4.78 is 0. The van der Waals surface area contributed by atoms with Crippen molar-refractivity contribution in [2.75, 3.05) is 25.4 Å². The van der Waals surface area contributed by atoms with Crippen molar-refractivity contribution in [3.8, 4) is 0 Å². The van der Waals surface area contributed by atoms with Gasteiger partial charge >= 0.3 is 0 Å². The molecule has 0 spiro atoms. The summed E-state index contributed by atoms with van der Waals surface area (Å²) in [5, 5.41) is 2.77. The summed E-state index contributed by atoms with van der Waals surface area (Å²) in [5.74, 6) is 0. The van der Waals surface area contributed by atoms with Crippen LogP contribution in [0.15, 0.2) is 5.38 Å². The fourth-order valence-corrected chi connectivity index (χ4v) is 3.35. The molecule has 0 unspecified atom stereocenters. The SMILES string of the molecule is CCC1(CC)CCN(CCc2csc(N)n2)C1. The molecule has 0 aromatic carbocycles. The summed E-state index contributed by atoms with van der Waals surface area (Å²) in [4.78, 5) is 6.90. The molecule has 2 N–H and O–H groups in total. The number of hydrogen-bond donors (Lipinski definition) is 1. The van der Waals surface area contributed by atoms with Gasteiger partial charge in [-0.3, -0.25) is 0 Å². The second kappa shape index (κ2) is 5.36. The van der Waals surface area contributed by atoms with Crippen LogP contribution in [-0.2, 0) is 6.42 Å². The van der Waals surface area contributed by atoms with Gasteiger partial charge in [-0.05, 0) is 31.2 Å². The van der Waals surface area contributed by atoms with Gasteiger partial charge in [-0.15, -0.1) is 11.3 Å². The van der Waals surface area contributed by atoms with E-state index in [1.807, 2.05) is 0 Å². The minimum atomic E-state index is 0.584. The van der Waals surface area contributed by atoms with Gasteiger partial charge in [0.15, 0.2) is 5.13 Å². The third kappa shape index (κ3) is 2.99. The summed E-state index contributed by atoms with van der Waals surface area (Å²) in [6, 6.07) is 0. The lowest BCUT2D eigenvalue weighted by atomic mass is 9.82. The number of aromatic nitrogens is 1. The predicted octanol–water partition coefficient (Wildman–Crippen LogP) is 2.78. The monoisotopic (exact) mass is 253 g/mol. The quantitative estimate of drug-likeness (QED) is 0.877. The lowest BCUT2D eigenvalue weighted by Gasteiger charge is -2.26. The van der Waals surface area contributed by atoms with E-state index in [4.69, 9.17) is 5.73 Å². The molecule has 0 aliphatic carbocycles. The van der Waals surface area contributed by atoms with Gasteiger partial charge in [-0.1, -0.05) is 13.8 Å². The van der Waals surface area contributed by atoms with Crippen molar-refractivity contribution in [1.82, 2.24) is 9.88 Å². The highest BCUT2D eigenvalue weighted by molar-refractivity contribution is 7.13. The number of anilines is 1. The summed E-state index contributed by atoms with van der Waals surface area (Å²) in [7, 11) is 0. The molecular weight excluding hydrogens is 230 g/mol. The third-order valence-corrected chi connectivity index (χ3v) is 4.99. The van der Waals surface area contributed by atoms with Gasteiger partial charge in [0.25, 0.3) is 0 Å². The largest absolute Gasteiger partial charge is 0.375 e. The van der Waals surface area contributed by atoms with Crippen LogP contribution in [0.3, 0.4) is 0 Å². The number of likely N-dealkylation sites (tertiary alicyclic amines) is 1. The Kier molecular flexibility index (Phi) is 4.05. The minimum absolute atomic E-state index is 0.584. The van der Waals surface area contributed by atoms with Crippen LogP contribution in [0.1, 0.15) is 38.8 Å². The lowest BCUT2D eigenvalue weighted by molar-refractivity contribution is 0.241. The fourth-order valence-electron chi connectivity index (χ4n) is 2.76. The average Bonchev–Trinajstić information content (AvgIpc) is 2.93. The molecule has 2 heterocycles. The Morgan fingerprint density at radius 1 is 1.47 bits per heavy atom. The van der Waals surface area contributed by atoms with Crippen LogP contribution in [0.5, 0.6) is 0 Å². The van der Waals surface area contributed by atoms with Gasteiger partial charge in [0, 0.05) is 24.9 Å². The van der Waals surface area contributed by atoms with Crippen LogP contribution in [0, 0.1) is 5.41 Å². The first-order valence-electron chi connectivity index (χ1n) is 6.60. The van der Waals surface area contributed by atoms with E-state index in [1.54, 1.807) is 11.3 Å². The van der Waals surface area contributed by atoms with Gasteiger partial charge in [0.1, 0.15) is 0 Å². The van der Waals surface area contributed by atoms with Crippen LogP contribution >= 0.6 is 11.3 Å². The van der Waals surface area contributed by atoms with E-state index < -0.39 is 0 Å². The standard InChI is InChI=1S/C13H23N3S/c1-3-13(4-2)6-8-16(10-13)7-5-11-9-17-12(14)15-11/h9H,3-8,10H2,1-2H3,(H2,14,15). The molecule has 0 amide bonds. The summed E-state index contributed by atoms with van der Waals surface area (Å²) in [6.07, 6.45) is 5.02. The zero-order valence-corrected chi connectivity index (χ0v) is 11.7. The zero-order valence-electron chi connectivity index (χ0n) is 10.9. The number of rotatable bonds is 5. The molecule has 1 fully saturated rings. The van der Waals surface area contributed by atoms with Crippen LogP contribution in [0.4, 0.5) is 5.13 Å². The molecule has 1 aromatic rings. The third-order valence-electron chi connectivity index (χ3n) is 4.27. The molecule has 0 bridgehead atoms. The molecule has 1 saturated heterocycles. The summed E-state index contributed by atoms with van der Waals surface area (Å²) in [5.41, 5.74) is 7.38. The Morgan fingerprint density at radius 3 is 2.76 bits per heavy atom. The van der Waals surface area contributed by atoms with Crippen molar-refractivity contribution >= 4 is 16.5 Å². The molecule has 0 saturated carbocycles. The molecule has 1 aromatic heterocycles. The van der Waals surface area contributed by atoms with E-state index in [1.165, 1.54) is 32.4 Å². The van der Waals surface area contributed by atoms with E-state index in [0.29, 0.717) is 10.5 Å². The van der Waals surface area contributed by atoms with Crippen molar-refractivity contribution in [3.63, 3.8) is 0 Å². The molecule has 3 nitrogen and oxygen atoms in total. The Bertz CT molecular complexity index is 357. The Balaban J connectivity index is 1.82. The van der Waals surface area contributed by atoms with E-state index in [-0.39, 0.29) is 0 Å². The van der Waals surface area contributed by atoms with Gasteiger partial charge < -0.3 is 10.6 Å². The van der Waals surface area contributed by atoms with E-state index >= 15 is 0 Å². The van der Waals surface area contributed by atoms with Crippen LogP contribution in [0.25, 0.3) is 0 Å². The van der Waals surface area contributed by atoms with Gasteiger partial charge in [0.05, 0.1) is 5.69 Å². The second-order valence-corrected chi connectivity index (χ2v) is 6.05. The summed E-state index contributed by atoms with van der Waals surface area (Å²) >= 11 is 1.54. The van der Waals surface area contributed by atoms with E-state index in [9.17, 15) is 0 Å². The molecule has 17 heavy (non-hydrogen) atoms. The molecule has 96 valence electrons. The van der Waals surface area contributed by atoms with E-state index in [0.717, 1.165) is 18.7 Å². The maximum absolute atomic E-state index is 5.64. The zero-order chi connectivity index (χ0) is 12.3. The van der Waals surface area contributed by atoms with Crippen molar-refractivity contribution in [2.24, 2.45) is 5.41 Å². The first-order valence-corrected chi connectivity index (χ1v) is 7.47. The Labute approximate surface area is 108 Å². The van der Waals surface area contributed by atoms with Crippen LogP contribution < -0.4 is 5.73 Å². The van der Waals surface area contributed by atoms with E-state index in [2.05, 4.69) is 29.1 Å². The van der Waals surface area contributed by atoms with Gasteiger partial charge in [0.2, 0.25) is 0 Å². The first kappa shape index (κ1) is 12.8.